The number of hydrogen-bond donors (Lipinski definition) is 1. The van der Waals surface area contributed by atoms with Gasteiger partial charge in [0.2, 0.25) is 0 Å². The van der Waals surface area contributed by atoms with Crippen LogP contribution in [0.4, 0.5) is 4.39 Å². The van der Waals surface area contributed by atoms with Gasteiger partial charge in [-0.2, -0.15) is 0 Å². The average Bonchev–Trinajstić information content (AvgIpc) is 2.68. The Morgan fingerprint density at radius 3 is 2.93 bits per heavy atom. The van der Waals surface area contributed by atoms with Crippen LogP contribution < -0.4 is 5.56 Å². The van der Waals surface area contributed by atoms with Crippen LogP contribution in [-0.4, -0.2) is 52.4 Å². The van der Waals surface area contributed by atoms with Crippen molar-refractivity contribution < 1.29 is 9.18 Å². The maximum absolute atomic E-state index is 14.0. The van der Waals surface area contributed by atoms with Gasteiger partial charge in [-0.15, -0.1) is 0 Å². The third-order valence-electron chi connectivity index (χ3n) is 5.48. The van der Waals surface area contributed by atoms with E-state index < -0.39 is 5.82 Å². The maximum atomic E-state index is 14.0. The number of H-pyrrole nitrogens is 1. The normalized spacial score (nSPS) is 20.4. The summed E-state index contributed by atoms with van der Waals surface area (Å²) in [5.74, 6) is -0.199. The van der Waals surface area contributed by atoms with Crippen molar-refractivity contribution in [2.24, 2.45) is 0 Å². The quantitative estimate of drug-likeness (QED) is 0.877. The standard InChI is InChI=1S/C20H23FN4O2/c1-24-10-8-17-15(12-24)19(26)23-18(22-17)13-5-4-9-25(11-13)20(27)14-6-2-3-7-16(14)21/h2-3,6-7,13H,4-5,8-12H2,1H3,(H,22,23,26)/t13-/m1/s1. The largest absolute Gasteiger partial charge is 0.338 e. The zero-order chi connectivity index (χ0) is 19.0. The summed E-state index contributed by atoms with van der Waals surface area (Å²) in [5.41, 5.74) is 1.61. The molecule has 2 aliphatic heterocycles. The molecule has 2 aromatic rings. The molecule has 1 aromatic heterocycles. The molecule has 0 aliphatic carbocycles. The number of fused-ring (bicyclic) bond motifs is 1. The van der Waals surface area contributed by atoms with Crippen LogP contribution in [0.25, 0.3) is 0 Å². The van der Waals surface area contributed by atoms with E-state index in [2.05, 4.69) is 9.88 Å². The monoisotopic (exact) mass is 370 g/mol. The Morgan fingerprint density at radius 2 is 2.11 bits per heavy atom. The lowest BCUT2D eigenvalue weighted by molar-refractivity contribution is 0.0699. The van der Waals surface area contributed by atoms with E-state index in [-0.39, 0.29) is 22.9 Å². The highest BCUT2D eigenvalue weighted by Crippen LogP contribution is 2.26. The number of nitrogens with zero attached hydrogens (tertiary/aromatic N) is 3. The van der Waals surface area contributed by atoms with Crippen LogP contribution in [0.15, 0.2) is 29.1 Å². The van der Waals surface area contributed by atoms with Gasteiger partial charge in [0, 0.05) is 38.5 Å². The summed E-state index contributed by atoms with van der Waals surface area (Å²) in [4.78, 5) is 36.6. The maximum Gasteiger partial charge on any atom is 0.256 e. The predicted molar refractivity (Wildman–Crippen MR) is 99.2 cm³/mol. The van der Waals surface area contributed by atoms with Crippen LogP contribution in [0.3, 0.4) is 0 Å². The van der Waals surface area contributed by atoms with Crippen LogP contribution in [-0.2, 0) is 13.0 Å². The molecule has 1 aromatic carbocycles. The van der Waals surface area contributed by atoms with Crippen molar-refractivity contribution in [2.75, 3.05) is 26.7 Å². The summed E-state index contributed by atoms with van der Waals surface area (Å²) in [6, 6.07) is 6.05. The van der Waals surface area contributed by atoms with Crippen molar-refractivity contribution >= 4 is 5.91 Å². The van der Waals surface area contributed by atoms with Gasteiger partial charge in [-0.1, -0.05) is 12.1 Å². The lowest BCUT2D eigenvalue weighted by Crippen LogP contribution is -2.41. The Labute approximate surface area is 157 Å². The fourth-order valence-electron chi connectivity index (χ4n) is 3.96. The summed E-state index contributed by atoms with van der Waals surface area (Å²) in [6.07, 6.45) is 2.41. The van der Waals surface area contributed by atoms with E-state index in [1.165, 1.54) is 12.1 Å². The van der Waals surface area contributed by atoms with Gasteiger partial charge in [0.05, 0.1) is 16.8 Å². The highest BCUT2D eigenvalue weighted by molar-refractivity contribution is 5.94. The molecule has 1 fully saturated rings. The molecule has 0 saturated carbocycles. The van der Waals surface area contributed by atoms with Gasteiger partial charge in [-0.25, -0.2) is 9.37 Å². The second kappa shape index (κ2) is 7.23. The van der Waals surface area contributed by atoms with Crippen molar-refractivity contribution in [3.63, 3.8) is 0 Å². The van der Waals surface area contributed by atoms with Crippen molar-refractivity contribution in [3.05, 3.63) is 63.1 Å². The molecule has 1 N–H and O–H groups in total. The number of aromatic nitrogens is 2. The summed E-state index contributed by atoms with van der Waals surface area (Å²) >= 11 is 0. The van der Waals surface area contributed by atoms with Gasteiger partial charge < -0.3 is 14.8 Å². The number of carbonyl (C=O) groups is 1. The minimum atomic E-state index is -0.506. The molecule has 6 nitrogen and oxygen atoms in total. The molecule has 0 unspecified atom stereocenters. The van der Waals surface area contributed by atoms with E-state index in [0.29, 0.717) is 25.5 Å². The number of hydrogen-bond acceptors (Lipinski definition) is 4. The third-order valence-corrected chi connectivity index (χ3v) is 5.48. The Balaban J connectivity index is 1.57. The van der Waals surface area contributed by atoms with Gasteiger partial charge in [0.1, 0.15) is 11.6 Å². The Bertz CT molecular complexity index is 926. The summed E-state index contributed by atoms with van der Waals surface area (Å²) in [7, 11) is 1.99. The molecule has 1 amide bonds. The molecule has 0 bridgehead atoms. The number of aromatic amines is 1. The number of benzene rings is 1. The fourth-order valence-corrected chi connectivity index (χ4v) is 3.96. The van der Waals surface area contributed by atoms with E-state index in [1.807, 2.05) is 7.05 Å². The molecular weight excluding hydrogens is 347 g/mol. The highest BCUT2D eigenvalue weighted by atomic mass is 19.1. The van der Waals surface area contributed by atoms with Gasteiger partial charge in [0.25, 0.3) is 11.5 Å². The van der Waals surface area contributed by atoms with E-state index in [4.69, 9.17) is 4.98 Å². The topological polar surface area (TPSA) is 69.3 Å². The van der Waals surface area contributed by atoms with Gasteiger partial charge in [0.15, 0.2) is 0 Å². The van der Waals surface area contributed by atoms with Crippen LogP contribution in [0.5, 0.6) is 0 Å². The first kappa shape index (κ1) is 17.9. The molecule has 0 spiro atoms. The van der Waals surface area contributed by atoms with E-state index in [0.717, 1.165) is 37.1 Å². The SMILES string of the molecule is CN1CCc2nc([C@@H]3CCCN(C(=O)c4ccccc4F)C3)[nH]c(=O)c2C1. The summed E-state index contributed by atoms with van der Waals surface area (Å²) in [6.45, 7) is 2.52. The highest BCUT2D eigenvalue weighted by Gasteiger charge is 2.29. The lowest BCUT2D eigenvalue weighted by atomic mass is 9.95. The first-order valence-corrected chi connectivity index (χ1v) is 9.37. The van der Waals surface area contributed by atoms with Crippen molar-refractivity contribution in [2.45, 2.75) is 31.7 Å². The van der Waals surface area contributed by atoms with Crippen molar-refractivity contribution in [1.82, 2.24) is 19.8 Å². The number of halogens is 1. The smallest absolute Gasteiger partial charge is 0.256 e. The first-order valence-electron chi connectivity index (χ1n) is 9.37. The number of carbonyl (C=O) groups excluding carboxylic acids is 1. The van der Waals surface area contributed by atoms with Crippen molar-refractivity contribution in [3.8, 4) is 0 Å². The minimum Gasteiger partial charge on any atom is -0.338 e. The van der Waals surface area contributed by atoms with E-state index in [1.54, 1.807) is 17.0 Å². The number of piperidine rings is 1. The Hall–Kier alpha value is -2.54. The Kier molecular flexibility index (Phi) is 4.78. The molecule has 142 valence electrons. The minimum absolute atomic E-state index is 0.0351. The number of nitrogens with one attached hydrogen (secondary N) is 1. The third kappa shape index (κ3) is 3.51. The number of likely N-dealkylation sites (tertiary alicyclic amines) is 1. The zero-order valence-corrected chi connectivity index (χ0v) is 15.4. The lowest BCUT2D eigenvalue weighted by Gasteiger charge is -2.33. The zero-order valence-electron chi connectivity index (χ0n) is 15.4. The molecule has 0 radical (unpaired) electrons. The number of likely N-dealkylation sites (N-methyl/N-ethyl adjacent to an activating group) is 1. The molecule has 3 heterocycles. The molecular formula is C20H23FN4O2. The predicted octanol–water partition coefficient (Wildman–Crippen LogP) is 1.92. The van der Waals surface area contributed by atoms with Gasteiger partial charge in [-0.05, 0) is 32.0 Å². The molecule has 2 aliphatic rings. The molecule has 1 atom stereocenters. The van der Waals surface area contributed by atoms with Crippen LogP contribution >= 0.6 is 0 Å². The fraction of sp³-hybridized carbons (Fsp3) is 0.450. The molecule has 7 heteroatoms. The molecule has 4 rings (SSSR count). The van der Waals surface area contributed by atoms with E-state index in [9.17, 15) is 14.0 Å². The molecule has 1 saturated heterocycles. The summed E-state index contributed by atoms with van der Waals surface area (Å²) in [5, 5.41) is 0. The van der Waals surface area contributed by atoms with Crippen LogP contribution in [0.1, 0.15) is 46.2 Å². The van der Waals surface area contributed by atoms with Crippen LogP contribution in [0.2, 0.25) is 0 Å². The first-order chi connectivity index (χ1) is 13.0. The second-order valence-corrected chi connectivity index (χ2v) is 7.43. The number of amides is 1. The summed E-state index contributed by atoms with van der Waals surface area (Å²) < 4.78 is 14.0. The molecule has 27 heavy (non-hydrogen) atoms. The van der Waals surface area contributed by atoms with Crippen LogP contribution in [0, 0.1) is 5.82 Å². The van der Waals surface area contributed by atoms with E-state index >= 15 is 0 Å². The average molecular weight is 370 g/mol. The van der Waals surface area contributed by atoms with Crippen molar-refractivity contribution in [1.29, 1.82) is 0 Å². The van der Waals surface area contributed by atoms with Gasteiger partial charge in [-0.3, -0.25) is 9.59 Å². The van der Waals surface area contributed by atoms with Gasteiger partial charge >= 0.3 is 0 Å². The number of rotatable bonds is 2. The second-order valence-electron chi connectivity index (χ2n) is 7.43. The Morgan fingerprint density at radius 1 is 1.30 bits per heavy atom.